The molecule has 1 amide bonds. The minimum Gasteiger partial charge on any atom is -0.452 e. The number of hydrogen-bond acceptors (Lipinski definition) is 5. The molecule has 0 unspecified atom stereocenters. The summed E-state index contributed by atoms with van der Waals surface area (Å²) in [5.74, 6) is -0.381. The quantitative estimate of drug-likeness (QED) is 0.806. The number of fused-ring (bicyclic) bond motifs is 1. The van der Waals surface area contributed by atoms with Crippen molar-refractivity contribution in [1.29, 1.82) is 5.26 Å². The van der Waals surface area contributed by atoms with Crippen LogP contribution in [0.1, 0.15) is 50.8 Å². The molecular formula is C21H22N2O3S. The largest absolute Gasteiger partial charge is 0.452 e. The summed E-state index contributed by atoms with van der Waals surface area (Å²) in [6.07, 6.45) is 2.86. The van der Waals surface area contributed by atoms with Gasteiger partial charge in [0.25, 0.3) is 5.91 Å². The molecule has 0 saturated heterocycles. The number of nitrogens with zero attached hydrogens (tertiary/aromatic N) is 1. The smallest absolute Gasteiger partial charge is 0.338 e. The first-order chi connectivity index (χ1) is 12.9. The maximum absolute atomic E-state index is 12.2. The lowest BCUT2D eigenvalue weighted by molar-refractivity contribution is -0.119. The van der Waals surface area contributed by atoms with Gasteiger partial charge in [0.1, 0.15) is 11.1 Å². The molecule has 3 rings (SSSR count). The van der Waals surface area contributed by atoms with E-state index in [0.717, 1.165) is 36.0 Å². The molecule has 1 aliphatic carbocycles. The average molecular weight is 382 g/mol. The number of carbonyl (C=O) groups is 2. The first kappa shape index (κ1) is 19.1. The van der Waals surface area contributed by atoms with Crippen LogP contribution >= 0.6 is 11.3 Å². The number of hydrogen-bond donors (Lipinski definition) is 1. The van der Waals surface area contributed by atoms with Crippen LogP contribution in [-0.2, 0) is 22.4 Å². The molecule has 0 radical (unpaired) electrons. The number of esters is 1. The standard InChI is InChI=1S/C21H22N2O3S/c1-12-4-7-16-17(10-22)20(27-18(16)8-12)23-19(24)11-26-21(25)15-6-5-13(2)14(3)9-15/h5-6,9,12H,4,7-8,11H2,1-3H3,(H,23,24)/t12-/m0/s1. The van der Waals surface area contributed by atoms with E-state index in [2.05, 4.69) is 18.3 Å². The van der Waals surface area contributed by atoms with E-state index in [1.165, 1.54) is 16.2 Å². The number of nitrogens with one attached hydrogen (secondary N) is 1. The van der Waals surface area contributed by atoms with Gasteiger partial charge in [0, 0.05) is 4.88 Å². The van der Waals surface area contributed by atoms with Crippen LogP contribution in [0.4, 0.5) is 5.00 Å². The number of carbonyl (C=O) groups excluding carboxylic acids is 2. The number of amides is 1. The van der Waals surface area contributed by atoms with Gasteiger partial charge in [-0.05, 0) is 67.9 Å². The highest BCUT2D eigenvalue weighted by molar-refractivity contribution is 7.16. The normalized spacial score (nSPS) is 15.6. The Labute approximate surface area is 163 Å². The Morgan fingerprint density at radius 2 is 2.11 bits per heavy atom. The van der Waals surface area contributed by atoms with Crippen LogP contribution in [0.2, 0.25) is 0 Å². The van der Waals surface area contributed by atoms with Crippen LogP contribution in [0.25, 0.3) is 0 Å². The Balaban J connectivity index is 1.64. The summed E-state index contributed by atoms with van der Waals surface area (Å²) < 4.78 is 5.12. The lowest BCUT2D eigenvalue weighted by atomic mass is 9.89. The molecule has 1 atom stereocenters. The van der Waals surface area contributed by atoms with Crippen molar-refractivity contribution in [2.24, 2.45) is 5.92 Å². The van der Waals surface area contributed by atoms with Crippen molar-refractivity contribution in [1.82, 2.24) is 0 Å². The number of aryl methyl sites for hydroxylation is 2. The van der Waals surface area contributed by atoms with Crippen molar-refractivity contribution in [3.8, 4) is 6.07 Å². The zero-order valence-electron chi connectivity index (χ0n) is 15.7. The van der Waals surface area contributed by atoms with Gasteiger partial charge >= 0.3 is 5.97 Å². The molecule has 2 aromatic rings. The van der Waals surface area contributed by atoms with E-state index in [1.807, 2.05) is 19.9 Å². The fourth-order valence-corrected chi connectivity index (χ4v) is 4.58. The number of nitriles is 1. The van der Waals surface area contributed by atoms with Gasteiger partial charge in [-0.25, -0.2) is 4.79 Å². The first-order valence-corrected chi connectivity index (χ1v) is 9.79. The van der Waals surface area contributed by atoms with Crippen LogP contribution in [0.3, 0.4) is 0 Å². The maximum atomic E-state index is 12.2. The second kappa shape index (κ2) is 7.93. The van der Waals surface area contributed by atoms with E-state index >= 15 is 0 Å². The Morgan fingerprint density at radius 3 is 2.81 bits per heavy atom. The van der Waals surface area contributed by atoms with Crippen molar-refractivity contribution in [2.45, 2.75) is 40.0 Å². The average Bonchev–Trinajstić information content (AvgIpc) is 2.97. The molecule has 1 heterocycles. The van der Waals surface area contributed by atoms with Crippen LogP contribution in [-0.4, -0.2) is 18.5 Å². The Morgan fingerprint density at radius 1 is 1.33 bits per heavy atom. The number of rotatable bonds is 4. The van der Waals surface area contributed by atoms with Gasteiger partial charge < -0.3 is 10.1 Å². The summed E-state index contributed by atoms with van der Waals surface area (Å²) in [5, 5.41) is 12.8. The molecular weight excluding hydrogens is 360 g/mol. The topological polar surface area (TPSA) is 79.2 Å². The van der Waals surface area contributed by atoms with E-state index < -0.39 is 11.9 Å². The summed E-state index contributed by atoms with van der Waals surface area (Å²) in [5.41, 5.74) is 4.11. The Kier molecular flexibility index (Phi) is 5.62. The van der Waals surface area contributed by atoms with Crippen molar-refractivity contribution >= 4 is 28.2 Å². The highest BCUT2D eigenvalue weighted by Crippen LogP contribution is 2.39. The van der Waals surface area contributed by atoms with Crippen molar-refractivity contribution < 1.29 is 14.3 Å². The van der Waals surface area contributed by atoms with Gasteiger partial charge in [0.05, 0.1) is 11.1 Å². The van der Waals surface area contributed by atoms with Crippen LogP contribution in [0.5, 0.6) is 0 Å². The fraction of sp³-hybridized carbons (Fsp3) is 0.381. The summed E-state index contributed by atoms with van der Waals surface area (Å²) in [6, 6.07) is 7.50. The molecule has 5 nitrogen and oxygen atoms in total. The van der Waals surface area contributed by atoms with Gasteiger partial charge in [-0.2, -0.15) is 5.26 Å². The summed E-state index contributed by atoms with van der Waals surface area (Å²) in [7, 11) is 0. The Hall–Kier alpha value is -2.65. The van der Waals surface area contributed by atoms with E-state index in [-0.39, 0.29) is 6.61 Å². The number of ether oxygens (including phenoxy) is 1. The minimum atomic E-state index is -0.534. The van der Waals surface area contributed by atoms with Crippen molar-refractivity contribution in [3.05, 3.63) is 50.9 Å². The zero-order chi connectivity index (χ0) is 19.6. The summed E-state index contributed by atoms with van der Waals surface area (Å²) >= 11 is 1.46. The molecule has 1 aliphatic rings. The minimum absolute atomic E-state index is 0.379. The maximum Gasteiger partial charge on any atom is 0.338 e. The van der Waals surface area contributed by atoms with Gasteiger partial charge in [-0.15, -0.1) is 11.3 Å². The molecule has 27 heavy (non-hydrogen) atoms. The molecule has 0 saturated carbocycles. The van der Waals surface area contributed by atoms with Gasteiger partial charge in [-0.1, -0.05) is 13.0 Å². The van der Waals surface area contributed by atoms with E-state index in [0.29, 0.717) is 22.0 Å². The van der Waals surface area contributed by atoms with Crippen molar-refractivity contribution in [3.63, 3.8) is 0 Å². The first-order valence-electron chi connectivity index (χ1n) is 8.98. The Bertz CT molecular complexity index is 940. The second-order valence-corrected chi connectivity index (χ2v) is 8.20. The molecule has 0 spiro atoms. The fourth-order valence-electron chi connectivity index (χ4n) is 3.20. The molecule has 1 aromatic heterocycles. The van der Waals surface area contributed by atoms with Gasteiger partial charge in [0.15, 0.2) is 6.61 Å². The van der Waals surface area contributed by atoms with E-state index in [1.54, 1.807) is 12.1 Å². The zero-order valence-corrected chi connectivity index (χ0v) is 16.5. The highest BCUT2D eigenvalue weighted by Gasteiger charge is 2.24. The predicted molar refractivity (Wildman–Crippen MR) is 105 cm³/mol. The SMILES string of the molecule is Cc1ccc(C(=O)OCC(=O)Nc2sc3c(c2C#N)CC[C@H](C)C3)cc1C. The number of thiophene rings is 1. The number of anilines is 1. The predicted octanol–water partition coefficient (Wildman–Crippen LogP) is 4.16. The summed E-state index contributed by atoms with van der Waals surface area (Å²) in [6.45, 7) is 5.70. The second-order valence-electron chi connectivity index (χ2n) is 7.09. The van der Waals surface area contributed by atoms with Gasteiger partial charge in [-0.3, -0.25) is 4.79 Å². The molecule has 0 fully saturated rings. The summed E-state index contributed by atoms with van der Waals surface area (Å²) in [4.78, 5) is 25.5. The monoisotopic (exact) mass is 382 g/mol. The molecule has 0 aliphatic heterocycles. The molecule has 140 valence electrons. The molecule has 6 heteroatoms. The molecule has 1 aromatic carbocycles. The third kappa shape index (κ3) is 4.20. The molecule has 0 bridgehead atoms. The van der Waals surface area contributed by atoms with Crippen molar-refractivity contribution in [2.75, 3.05) is 11.9 Å². The van der Waals surface area contributed by atoms with Crippen LogP contribution in [0.15, 0.2) is 18.2 Å². The van der Waals surface area contributed by atoms with Gasteiger partial charge in [0.2, 0.25) is 0 Å². The third-order valence-electron chi connectivity index (χ3n) is 4.95. The molecule has 1 N–H and O–H groups in total. The number of benzene rings is 1. The highest BCUT2D eigenvalue weighted by atomic mass is 32.1. The van der Waals surface area contributed by atoms with E-state index in [9.17, 15) is 14.9 Å². The van der Waals surface area contributed by atoms with Crippen LogP contribution < -0.4 is 5.32 Å². The lowest BCUT2D eigenvalue weighted by Gasteiger charge is -2.17. The third-order valence-corrected chi connectivity index (χ3v) is 6.12. The lowest BCUT2D eigenvalue weighted by Crippen LogP contribution is -2.21. The van der Waals surface area contributed by atoms with Crippen LogP contribution in [0, 0.1) is 31.1 Å². The van der Waals surface area contributed by atoms with E-state index in [4.69, 9.17) is 4.74 Å².